The number of carbonyl (C=O) groups excluding carboxylic acids is 1. The molecule has 154 valence electrons. The first kappa shape index (κ1) is 19.5. The Morgan fingerprint density at radius 3 is 2.47 bits per heavy atom. The van der Waals surface area contributed by atoms with Gasteiger partial charge in [-0.05, 0) is 32.0 Å². The lowest BCUT2D eigenvalue weighted by atomic mass is 9.78. The van der Waals surface area contributed by atoms with Crippen molar-refractivity contribution in [1.29, 1.82) is 0 Å². The molecule has 0 saturated carbocycles. The summed E-state index contributed by atoms with van der Waals surface area (Å²) in [7, 11) is 1.45. The van der Waals surface area contributed by atoms with Gasteiger partial charge in [0.25, 0.3) is 5.56 Å². The molecule has 2 heterocycles. The molecule has 8 heteroatoms. The molecular weight excluding hydrogens is 384 g/mol. The van der Waals surface area contributed by atoms with Gasteiger partial charge in [-0.2, -0.15) is 5.10 Å². The highest BCUT2D eigenvalue weighted by Crippen LogP contribution is 2.42. The van der Waals surface area contributed by atoms with Gasteiger partial charge >= 0.3 is 0 Å². The first-order valence-electron chi connectivity index (χ1n) is 9.50. The number of ether oxygens (including phenoxy) is 1. The first-order chi connectivity index (χ1) is 14.4. The summed E-state index contributed by atoms with van der Waals surface area (Å²) in [5.74, 6) is -1.66. The fourth-order valence-corrected chi connectivity index (χ4v) is 4.01. The number of carbonyl (C=O) groups is 1. The average Bonchev–Trinajstić information content (AvgIpc) is 3.23. The first-order valence-corrected chi connectivity index (χ1v) is 9.50. The highest BCUT2D eigenvalue weighted by Gasteiger charge is 2.41. The largest absolute Gasteiger partial charge is 0.504 e. The number of phenols is 1. The van der Waals surface area contributed by atoms with E-state index in [2.05, 4.69) is 15.6 Å². The van der Waals surface area contributed by atoms with Crippen LogP contribution in [0.4, 0.5) is 0 Å². The smallest absolute Gasteiger partial charge is 0.275 e. The molecule has 2 atom stereocenters. The van der Waals surface area contributed by atoms with Crippen molar-refractivity contribution in [2.24, 2.45) is 11.0 Å². The van der Waals surface area contributed by atoms with Crippen molar-refractivity contribution in [3.8, 4) is 17.2 Å². The van der Waals surface area contributed by atoms with Crippen LogP contribution in [0.5, 0.6) is 11.5 Å². The minimum atomic E-state index is -0.750. The molecule has 8 nitrogen and oxygen atoms in total. The number of rotatable bonds is 5. The van der Waals surface area contributed by atoms with Crippen LogP contribution >= 0.6 is 0 Å². The van der Waals surface area contributed by atoms with Crippen LogP contribution in [0, 0.1) is 12.8 Å². The maximum atomic E-state index is 13.5. The molecule has 0 fully saturated rings. The van der Waals surface area contributed by atoms with Crippen LogP contribution < -0.4 is 15.7 Å². The van der Waals surface area contributed by atoms with Gasteiger partial charge in [-0.1, -0.05) is 30.3 Å². The molecule has 0 bridgehead atoms. The topological polar surface area (TPSA) is 109 Å². The van der Waals surface area contributed by atoms with E-state index < -0.39 is 11.8 Å². The Morgan fingerprint density at radius 1 is 1.10 bits per heavy atom. The third-order valence-corrected chi connectivity index (χ3v) is 5.44. The molecule has 1 amide bonds. The number of aromatic nitrogens is 2. The standard InChI is InChI=1S/C22H22N4O4/c1-12-17(21(28)24-23-12)19(15-10-7-11-16(30-3)20(15)27)18-13(2)25-26(22(18)29)14-8-5-4-6-9-14/h4-11,17,19,25,27H,1-3H3,(H,24,28). The number of phenolic OH excluding ortho intramolecular Hbond substituents is 1. The van der Waals surface area contributed by atoms with Gasteiger partial charge in [-0.15, -0.1) is 0 Å². The van der Waals surface area contributed by atoms with Gasteiger partial charge < -0.3 is 9.84 Å². The van der Waals surface area contributed by atoms with Crippen molar-refractivity contribution in [3.05, 3.63) is 75.7 Å². The van der Waals surface area contributed by atoms with Gasteiger partial charge in [0.05, 0.1) is 18.7 Å². The fourth-order valence-electron chi connectivity index (χ4n) is 4.01. The Kier molecular flexibility index (Phi) is 4.91. The van der Waals surface area contributed by atoms with Gasteiger partial charge in [0, 0.05) is 28.5 Å². The van der Waals surface area contributed by atoms with Gasteiger partial charge in [-0.25, -0.2) is 10.1 Å². The Labute approximate surface area is 172 Å². The average molecular weight is 406 g/mol. The number of amides is 1. The number of nitrogens with zero attached hydrogens (tertiary/aromatic N) is 2. The predicted molar refractivity (Wildman–Crippen MR) is 112 cm³/mol. The van der Waals surface area contributed by atoms with Crippen molar-refractivity contribution in [1.82, 2.24) is 15.2 Å². The zero-order valence-electron chi connectivity index (χ0n) is 16.8. The van der Waals surface area contributed by atoms with Crippen molar-refractivity contribution in [2.75, 3.05) is 7.11 Å². The Morgan fingerprint density at radius 2 is 1.83 bits per heavy atom. The highest BCUT2D eigenvalue weighted by atomic mass is 16.5. The second-order valence-corrected chi connectivity index (χ2v) is 7.21. The Balaban J connectivity index is 1.97. The van der Waals surface area contributed by atoms with Crippen LogP contribution in [-0.2, 0) is 4.79 Å². The number of aryl methyl sites for hydroxylation is 1. The lowest BCUT2D eigenvalue weighted by Crippen LogP contribution is -2.32. The summed E-state index contributed by atoms with van der Waals surface area (Å²) >= 11 is 0. The number of para-hydroxylation sites is 2. The molecule has 1 aliphatic rings. The van der Waals surface area contributed by atoms with Crippen LogP contribution in [0.25, 0.3) is 5.69 Å². The van der Waals surface area contributed by atoms with Crippen molar-refractivity contribution < 1.29 is 14.6 Å². The van der Waals surface area contributed by atoms with Gasteiger partial charge in [0.15, 0.2) is 11.5 Å². The maximum absolute atomic E-state index is 13.5. The molecule has 0 aliphatic carbocycles. The van der Waals surface area contributed by atoms with E-state index in [4.69, 9.17) is 4.74 Å². The Bertz CT molecular complexity index is 1190. The predicted octanol–water partition coefficient (Wildman–Crippen LogP) is 2.44. The summed E-state index contributed by atoms with van der Waals surface area (Å²) < 4.78 is 6.69. The number of hydrogen-bond acceptors (Lipinski definition) is 5. The number of aromatic amines is 1. The number of aromatic hydroxyl groups is 1. The minimum absolute atomic E-state index is 0.108. The highest BCUT2D eigenvalue weighted by molar-refractivity contribution is 6.08. The molecule has 3 N–H and O–H groups in total. The molecule has 0 saturated heterocycles. The van der Waals surface area contributed by atoms with Crippen molar-refractivity contribution in [3.63, 3.8) is 0 Å². The van der Waals surface area contributed by atoms with Crippen molar-refractivity contribution >= 4 is 11.6 Å². The third kappa shape index (κ3) is 3.06. The summed E-state index contributed by atoms with van der Waals surface area (Å²) in [6.45, 7) is 3.50. The van der Waals surface area contributed by atoms with Crippen molar-refractivity contribution in [2.45, 2.75) is 19.8 Å². The maximum Gasteiger partial charge on any atom is 0.275 e. The number of methoxy groups -OCH3 is 1. The summed E-state index contributed by atoms with van der Waals surface area (Å²) in [4.78, 5) is 26.2. The third-order valence-electron chi connectivity index (χ3n) is 5.44. The second-order valence-electron chi connectivity index (χ2n) is 7.21. The molecule has 2 unspecified atom stereocenters. The minimum Gasteiger partial charge on any atom is -0.504 e. The number of nitrogens with one attached hydrogen (secondary N) is 2. The zero-order valence-corrected chi connectivity index (χ0v) is 16.8. The van der Waals surface area contributed by atoms with E-state index in [0.29, 0.717) is 28.2 Å². The van der Waals surface area contributed by atoms with Crippen LogP contribution in [0.1, 0.15) is 29.7 Å². The summed E-state index contributed by atoms with van der Waals surface area (Å²) in [5.41, 5.74) is 4.81. The van der Waals surface area contributed by atoms with Gasteiger partial charge in [0.2, 0.25) is 5.91 Å². The number of hydrazone groups is 1. The molecule has 0 spiro atoms. The van der Waals surface area contributed by atoms with E-state index in [9.17, 15) is 14.7 Å². The molecule has 4 rings (SSSR count). The SMILES string of the molecule is COc1cccc(C(c2c(C)[nH]n(-c3ccccc3)c2=O)C2C(=O)NN=C2C)c1O. The van der Waals surface area contributed by atoms with Crippen LogP contribution in [0.15, 0.2) is 58.4 Å². The van der Waals surface area contributed by atoms with E-state index in [1.165, 1.54) is 11.8 Å². The van der Waals surface area contributed by atoms with E-state index in [1.807, 2.05) is 30.3 Å². The van der Waals surface area contributed by atoms with Crippen LogP contribution in [-0.4, -0.2) is 33.6 Å². The fraction of sp³-hybridized carbons (Fsp3) is 0.227. The molecule has 3 aromatic rings. The summed E-state index contributed by atoms with van der Waals surface area (Å²) in [6.07, 6.45) is 0. The van der Waals surface area contributed by atoms with E-state index in [1.54, 1.807) is 32.0 Å². The number of benzene rings is 2. The lowest BCUT2D eigenvalue weighted by molar-refractivity contribution is -0.122. The number of hydrogen-bond donors (Lipinski definition) is 3. The quantitative estimate of drug-likeness (QED) is 0.605. The summed E-state index contributed by atoms with van der Waals surface area (Å²) in [5, 5.41) is 18.0. The van der Waals surface area contributed by atoms with E-state index >= 15 is 0 Å². The van der Waals surface area contributed by atoms with Crippen LogP contribution in [0.3, 0.4) is 0 Å². The molecule has 2 aromatic carbocycles. The van der Waals surface area contributed by atoms with E-state index in [-0.39, 0.29) is 23.0 Å². The molecule has 1 aromatic heterocycles. The number of H-pyrrole nitrogens is 1. The van der Waals surface area contributed by atoms with Gasteiger partial charge in [-0.3, -0.25) is 14.7 Å². The zero-order chi connectivity index (χ0) is 21.4. The Hall–Kier alpha value is -3.81. The second kappa shape index (κ2) is 7.55. The van der Waals surface area contributed by atoms with Gasteiger partial charge in [0.1, 0.15) is 0 Å². The summed E-state index contributed by atoms with van der Waals surface area (Å²) in [6, 6.07) is 14.2. The monoisotopic (exact) mass is 406 g/mol. The molecule has 1 aliphatic heterocycles. The normalized spacial score (nSPS) is 16.8. The van der Waals surface area contributed by atoms with Crippen LogP contribution in [0.2, 0.25) is 0 Å². The molecule has 0 radical (unpaired) electrons. The molecule has 30 heavy (non-hydrogen) atoms. The molecular formula is C22H22N4O4. The van der Waals surface area contributed by atoms with E-state index in [0.717, 1.165) is 0 Å². The lowest BCUT2D eigenvalue weighted by Gasteiger charge is -2.23.